The summed E-state index contributed by atoms with van der Waals surface area (Å²) in [5.41, 5.74) is 0. The molecular formula is C63H110O16P2. The number of aliphatic hydroxyl groups is 2. The van der Waals surface area contributed by atoms with Gasteiger partial charge in [0.05, 0.1) is 26.4 Å². The van der Waals surface area contributed by atoms with Gasteiger partial charge in [-0.05, 0) is 89.9 Å². The van der Waals surface area contributed by atoms with Crippen molar-refractivity contribution in [1.82, 2.24) is 0 Å². The van der Waals surface area contributed by atoms with Crippen LogP contribution in [-0.4, -0.2) is 95.9 Å². The van der Waals surface area contributed by atoms with Crippen LogP contribution in [0.2, 0.25) is 0 Å². The molecule has 0 radical (unpaired) electrons. The van der Waals surface area contributed by atoms with E-state index in [9.17, 15) is 43.5 Å². The lowest BCUT2D eigenvalue weighted by Gasteiger charge is -2.21. The average Bonchev–Trinajstić information content (AvgIpc) is 3.44. The van der Waals surface area contributed by atoms with Crippen LogP contribution in [-0.2, 0) is 55.8 Å². The molecule has 16 nitrogen and oxygen atoms in total. The highest BCUT2D eigenvalue weighted by molar-refractivity contribution is 7.47. The number of allylic oxidation sites excluding steroid dienone is 14. The summed E-state index contributed by atoms with van der Waals surface area (Å²) in [6.07, 6.45) is 57.9. The summed E-state index contributed by atoms with van der Waals surface area (Å²) in [6, 6.07) is 0. The standard InChI is InChI=1S/C63H110O16P2/c1-4-7-10-13-16-19-22-24-26-27-28-29-31-33-35-37-40-43-46-49-61(66)73-52-58(64)53-75-80(69,70)76-54-59(65)55-77-81(71,72)78-57-60(79-63(68)51-48-45-42-39-34-21-18-15-12-9-6-3)56-74-62(67)50-47-44-41-38-36-32-30-25-23-20-17-14-11-8-5-2/h7-8,10-11,16-17,19-20,24-26,28-30,58-60,64-65H,4-6,9,12-15,18,21-23,27,31-57H2,1-3H3,(H,69,70)(H,71,72)/b10-7-,11-8-,19-16-,20-17-,26-24-,29-28-,30-25-. The fourth-order valence-electron chi connectivity index (χ4n) is 7.93. The van der Waals surface area contributed by atoms with Crippen molar-refractivity contribution in [3.63, 3.8) is 0 Å². The Kier molecular flexibility index (Phi) is 54.9. The number of phosphoric acid groups is 2. The number of carbonyl (C=O) groups excluding carboxylic acids is 3. The average molecular weight is 1190 g/mol. The first-order valence-electron chi connectivity index (χ1n) is 30.9. The Bertz CT molecular complexity index is 1830. The summed E-state index contributed by atoms with van der Waals surface area (Å²) in [4.78, 5) is 58.1. The number of phosphoric ester groups is 2. The topological polar surface area (TPSA) is 231 Å². The summed E-state index contributed by atoms with van der Waals surface area (Å²) < 4.78 is 60.6. The van der Waals surface area contributed by atoms with Gasteiger partial charge in [0.2, 0.25) is 0 Å². The molecule has 4 N–H and O–H groups in total. The number of esters is 3. The fraction of sp³-hybridized carbons (Fsp3) is 0.730. The van der Waals surface area contributed by atoms with Crippen molar-refractivity contribution >= 4 is 33.6 Å². The highest BCUT2D eigenvalue weighted by Crippen LogP contribution is 2.45. The van der Waals surface area contributed by atoms with Gasteiger partial charge in [-0.3, -0.25) is 32.5 Å². The first kappa shape index (κ1) is 77.7. The number of rotatable bonds is 58. The molecular weight excluding hydrogens is 1070 g/mol. The third-order valence-electron chi connectivity index (χ3n) is 12.6. The summed E-state index contributed by atoms with van der Waals surface area (Å²) in [5, 5.41) is 20.5. The largest absolute Gasteiger partial charge is 0.472 e. The Morgan fingerprint density at radius 3 is 1.04 bits per heavy atom. The van der Waals surface area contributed by atoms with E-state index in [0.29, 0.717) is 19.3 Å². The Labute approximate surface area is 489 Å². The number of aliphatic hydroxyl groups excluding tert-OH is 2. The van der Waals surface area contributed by atoms with Crippen molar-refractivity contribution < 1.29 is 75.8 Å². The number of unbranched alkanes of at least 4 members (excludes halogenated alkanes) is 21. The van der Waals surface area contributed by atoms with Crippen molar-refractivity contribution in [2.75, 3.05) is 39.6 Å². The van der Waals surface area contributed by atoms with E-state index in [1.165, 1.54) is 38.5 Å². The van der Waals surface area contributed by atoms with E-state index in [0.717, 1.165) is 141 Å². The minimum atomic E-state index is -4.92. The molecule has 0 bridgehead atoms. The van der Waals surface area contributed by atoms with Gasteiger partial charge in [-0.15, -0.1) is 0 Å². The number of hydrogen-bond acceptors (Lipinski definition) is 14. The summed E-state index contributed by atoms with van der Waals surface area (Å²) in [5.74, 6) is -1.61. The minimum Gasteiger partial charge on any atom is -0.463 e. The van der Waals surface area contributed by atoms with Gasteiger partial charge in [-0.25, -0.2) is 9.13 Å². The van der Waals surface area contributed by atoms with Crippen LogP contribution in [0.4, 0.5) is 0 Å². The van der Waals surface area contributed by atoms with Crippen LogP contribution >= 0.6 is 15.6 Å². The number of carbonyl (C=O) groups is 3. The van der Waals surface area contributed by atoms with Gasteiger partial charge in [0.25, 0.3) is 0 Å². The first-order chi connectivity index (χ1) is 39.2. The van der Waals surface area contributed by atoms with E-state index in [-0.39, 0.29) is 19.3 Å². The fourth-order valence-corrected chi connectivity index (χ4v) is 9.51. The molecule has 468 valence electrons. The molecule has 0 aromatic rings. The molecule has 0 rings (SSSR count). The summed E-state index contributed by atoms with van der Waals surface area (Å²) in [7, 11) is -9.76. The van der Waals surface area contributed by atoms with E-state index >= 15 is 0 Å². The lowest BCUT2D eigenvalue weighted by Crippen LogP contribution is -2.30. The molecule has 0 aromatic heterocycles. The molecule has 0 aliphatic rings. The quantitative estimate of drug-likeness (QED) is 0.0146. The molecule has 0 aromatic carbocycles. The zero-order valence-electron chi connectivity index (χ0n) is 50.2. The third kappa shape index (κ3) is 58.3. The van der Waals surface area contributed by atoms with Crippen LogP contribution in [0.3, 0.4) is 0 Å². The Balaban J connectivity index is 4.62. The highest BCUT2D eigenvalue weighted by Gasteiger charge is 2.29. The van der Waals surface area contributed by atoms with Gasteiger partial charge in [0.15, 0.2) is 6.10 Å². The number of ether oxygens (including phenoxy) is 3. The molecule has 0 aliphatic heterocycles. The lowest BCUT2D eigenvalue weighted by atomic mass is 10.1. The van der Waals surface area contributed by atoms with Gasteiger partial charge >= 0.3 is 33.6 Å². The third-order valence-corrected chi connectivity index (χ3v) is 14.5. The second-order valence-electron chi connectivity index (χ2n) is 20.5. The highest BCUT2D eigenvalue weighted by atomic mass is 31.2. The minimum absolute atomic E-state index is 0.103. The van der Waals surface area contributed by atoms with Crippen LogP contribution in [0.25, 0.3) is 0 Å². The predicted molar refractivity (Wildman–Crippen MR) is 325 cm³/mol. The molecule has 0 heterocycles. The van der Waals surface area contributed by atoms with Gasteiger partial charge in [0, 0.05) is 19.3 Å². The van der Waals surface area contributed by atoms with E-state index in [4.69, 9.17) is 32.3 Å². The van der Waals surface area contributed by atoms with Crippen molar-refractivity contribution in [1.29, 1.82) is 0 Å². The van der Waals surface area contributed by atoms with E-state index in [2.05, 4.69) is 106 Å². The molecule has 0 spiro atoms. The maximum absolute atomic E-state index is 12.8. The Hall–Kier alpha value is -3.27. The van der Waals surface area contributed by atoms with Gasteiger partial charge in [0.1, 0.15) is 25.4 Å². The van der Waals surface area contributed by atoms with Crippen LogP contribution in [0.5, 0.6) is 0 Å². The van der Waals surface area contributed by atoms with Crippen molar-refractivity contribution in [2.24, 2.45) is 0 Å². The molecule has 0 aliphatic carbocycles. The first-order valence-corrected chi connectivity index (χ1v) is 33.9. The molecule has 81 heavy (non-hydrogen) atoms. The van der Waals surface area contributed by atoms with Gasteiger partial charge < -0.3 is 34.2 Å². The van der Waals surface area contributed by atoms with Crippen LogP contribution in [0.1, 0.15) is 239 Å². The maximum Gasteiger partial charge on any atom is 0.472 e. The predicted octanol–water partition coefficient (Wildman–Crippen LogP) is 16.2. The van der Waals surface area contributed by atoms with Crippen molar-refractivity contribution in [3.05, 3.63) is 85.1 Å². The zero-order chi connectivity index (χ0) is 59.6. The van der Waals surface area contributed by atoms with E-state index in [1.54, 1.807) is 0 Å². The molecule has 0 fully saturated rings. The van der Waals surface area contributed by atoms with Crippen LogP contribution in [0, 0.1) is 0 Å². The SMILES string of the molecule is CC/C=C\C/C=C\C/C=C\C/C=C\CCCCCCCCC(=O)OCC(O)COP(=O)(O)OCC(O)COP(=O)(O)OCC(COC(=O)CCCCCCC/C=C\C/C=C\C/C=C\CC)OC(=O)CCCCCCCCCCCCC. The summed E-state index contributed by atoms with van der Waals surface area (Å²) in [6.45, 7) is 2.38. The van der Waals surface area contributed by atoms with Crippen molar-refractivity contribution in [2.45, 2.75) is 257 Å². The van der Waals surface area contributed by atoms with Gasteiger partial charge in [-0.2, -0.15) is 0 Å². The van der Waals surface area contributed by atoms with Crippen molar-refractivity contribution in [3.8, 4) is 0 Å². The maximum atomic E-state index is 12.8. The lowest BCUT2D eigenvalue weighted by molar-refractivity contribution is -0.161. The second-order valence-corrected chi connectivity index (χ2v) is 23.4. The van der Waals surface area contributed by atoms with E-state index in [1.807, 2.05) is 0 Å². The Morgan fingerprint density at radius 2 is 0.654 bits per heavy atom. The monoisotopic (exact) mass is 1180 g/mol. The zero-order valence-corrected chi connectivity index (χ0v) is 52.0. The molecule has 5 atom stereocenters. The van der Waals surface area contributed by atoms with E-state index < -0.39 is 91.5 Å². The van der Waals surface area contributed by atoms with Crippen LogP contribution < -0.4 is 0 Å². The normalized spacial score (nSPS) is 15.0. The second kappa shape index (κ2) is 57.2. The van der Waals surface area contributed by atoms with Crippen LogP contribution in [0.15, 0.2) is 85.1 Å². The molecule has 0 saturated heterocycles. The number of hydrogen-bond donors (Lipinski definition) is 4. The molecule has 0 saturated carbocycles. The molecule has 5 unspecified atom stereocenters. The van der Waals surface area contributed by atoms with Gasteiger partial charge in [-0.1, -0.05) is 215 Å². The summed E-state index contributed by atoms with van der Waals surface area (Å²) >= 11 is 0. The Morgan fingerprint density at radius 1 is 0.358 bits per heavy atom. The molecule has 0 amide bonds. The molecule has 18 heteroatoms. The smallest absolute Gasteiger partial charge is 0.463 e.